The first kappa shape index (κ1) is 14.6. The number of hydrogen-bond acceptors (Lipinski definition) is 3. The van der Waals surface area contributed by atoms with Crippen molar-refractivity contribution in [2.75, 3.05) is 0 Å². The van der Waals surface area contributed by atoms with Crippen molar-refractivity contribution >= 4 is 5.97 Å². The first-order valence-electron chi connectivity index (χ1n) is 6.60. The summed E-state index contributed by atoms with van der Waals surface area (Å²) in [5.41, 5.74) is 2.41. The number of ether oxygens (including phenoxy) is 1. The Balaban J connectivity index is 1.95. The van der Waals surface area contributed by atoms with Gasteiger partial charge in [-0.15, -0.1) is 0 Å². The Morgan fingerprint density at radius 2 is 1.86 bits per heavy atom. The molecule has 0 aliphatic carbocycles. The fourth-order valence-electron chi connectivity index (χ4n) is 1.92. The Morgan fingerprint density at radius 3 is 2.52 bits per heavy atom. The minimum atomic E-state index is -0.802. The van der Waals surface area contributed by atoms with E-state index in [4.69, 9.17) is 15.1 Å². The third-order valence-corrected chi connectivity index (χ3v) is 3.08. The van der Waals surface area contributed by atoms with E-state index < -0.39 is 5.97 Å². The van der Waals surface area contributed by atoms with Gasteiger partial charge in [0, 0.05) is 12.0 Å². The molecule has 106 valence electrons. The van der Waals surface area contributed by atoms with Crippen molar-refractivity contribution in [3.8, 4) is 11.8 Å². The molecule has 0 bridgehead atoms. The number of carbonyl (C=O) groups is 1. The quantitative estimate of drug-likeness (QED) is 0.883. The van der Waals surface area contributed by atoms with Gasteiger partial charge in [0.05, 0.1) is 11.6 Å². The van der Waals surface area contributed by atoms with Crippen LogP contribution in [0.5, 0.6) is 5.75 Å². The summed E-state index contributed by atoms with van der Waals surface area (Å²) < 4.78 is 5.65. The Bertz CT molecular complexity index is 656. The Kier molecular flexibility index (Phi) is 4.94. The van der Waals surface area contributed by atoms with Gasteiger partial charge in [-0.3, -0.25) is 4.79 Å². The molecule has 21 heavy (non-hydrogen) atoms. The average molecular weight is 281 g/mol. The average Bonchev–Trinajstić information content (AvgIpc) is 2.52. The SMILES string of the molecule is N#Cc1ccccc1COc1ccc(CCC(=O)O)cc1. The Hall–Kier alpha value is -2.80. The monoisotopic (exact) mass is 281 g/mol. The fraction of sp³-hybridized carbons (Fsp3) is 0.176. The third-order valence-electron chi connectivity index (χ3n) is 3.08. The third kappa shape index (κ3) is 4.36. The second-order valence-electron chi connectivity index (χ2n) is 4.60. The van der Waals surface area contributed by atoms with Crippen LogP contribution in [0.3, 0.4) is 0 Å². The molecule has 0 saturated heterocycles. The summed E-state index contributed by atoms with van der Waals surface area (Å²) in [5.74, 6) is -0.106. The normalized spacial score (nSPS) is 9.86. The molecule has 0 amide bonds. The summed E-state index contributed by atoms with van der Waals surface area (Å²) in [6, 6.07) is 16.8. The molecule has 0 aromatic heterocycles. The van der Waals surface area contributed by atoms with Crippen LogP contribution < -0.4 is 4.74 Å². The standard InChI is InChI=1S/C17H15NO3/c18-11-14-3-1-2-4-15(14)12-21-16-8-5-13(6-9-16)7-10-17(19)20/h1-6,8-9H,7,10,12H2,(H,19,20). The van der Waals surface area contributed by atoms with Crippen molar-refractivity contribution in [1.82, 2.24) is 0 Å². The van der Waals surface area contributed by atoms with Gasteiger partial charge in [-0.2, -0.15) is 5.26 Å². The highest BCUT2D eigenvalue weighted by Gasteiger charge is 2.03. The van der Waals surface area contributed by atoms with Crippen molar-refractivity contribution < 1.29 is 14.6 Å². The predicted octanol–water partition coefficient (Wildman–Crippen LogP) is 3.15. The molecule has 0 fully saturated rings. The maximum absolute atomic E-state index is 10.5. The minimum Gasteiger partial charge on any atom is -0.489 e. The molecule has 0 atom stereocenters. The molecular weight excluding hydrogens is 266 g/mol. The number of nitrogens with zero attached hydrogens (tertiary/aromatic N) is 1. The van der Waals surface area contributed by atoms with E-state index in [1.807, 2.05) is 42.5 Å². The van der Waals surface area contributed by atoms with Gasteiger partial charge < -0.3 is 9.84 Å². The number of benzene rings is 2. The molecule has 0 heterocycles. The summed E-state index contributed by atoms with van der Waals surface area (Å²) >= 11 is 0. The van der Waals surface area contributed by atoms with E-state index in [1.165, 1.54) is 0 Å². The highest BCUT2D eigenvalue weighted by molar-refractivity contribution is 5.67. The fourth-order valence-corrected chi connectivity index (χ4v) is 1.92. The molecule has 0 saturated carbocycles. The van der Waals surface area contributed by atoms with Crippen LogP contribution in [0, 0.1) is 11.3 Å². The van der Waals surface area contributed by atoms with Gasteiger partial charge in [0.1, 0.15) is 12.4 Å². The summed E-state index contributed by atoms with van der Waals surface area (Å²) in [6.07, 6.45) is 0.628. The van der Waals surface area contributed by atoms with E-state index in [0.717, 1.165) is 11.1 Å². The van der Waals surface area contributed by atoms with E-state index in [-0.39, 0.29) is 6.42 Å². The molecule has 1 N–H and O–H groups in total. The van der Waals surface area contributed by atoms with Crippen molar-refractivity contribution in [2.24, 2.45) is 0 Å². The zero-order chi connectivity index (χ0) is 15.1. The molecule has 2 aromatic carbocycles. The van der Waals surface area contributed by atoms with E-state index in [2.05, 4.69) is 6.07 Å². The second-order valence-corrected chi connectivity index (χ2v) is 4.60. The molecule has 0 spiro atoms. The lowest BCUT2D eigenvalue weighted by Gasteiger charge is -2.08. The van der Waals surface area contributed by atoms with Crippen molar-refractivity contribution in [3.05, 3.63) is 65.2 Å². The maximum Gasteiger partial charge on any atom is 0.303 e. The summed E-state index contributed by atoms with van der Waals surface area (Å²) in [6.45, 7) is 0.332. The Morgan fingerprint density at radius 1 is 1.14 bits per heavy atom. The first-order valence-corrected chi connectivity index (χ1v) is 6.60. The maximum atomic E-state index is 10.5. The highest BCUT2D eigenvalue weighted by atomic mass is 16.5. The largest absolute Gasteiger partial charge is 0.489 e. The number of rotatable bonds is 6. The smallest absolute Gasteiger partial charge is 0.303 e. The van der Waals surface area contributed by atoms with Gasteiger partial charge in [-0.1, -0.05) is 30.3 Å². The summed E-state index contributed by atoms with van der Waals surface area (Å²) in [5, 5.41) is 17.6. The van der Waals surface area contributed by atoms with E-state index in [1.54, 1.807) is 6.07 Å². The van der Waals surface area contributed by atoms with Gasteiger partial charge in [0.2, 0.25) is 0 Å². The van der Waals surface area contributed by atoms with Crippen LogP contribution in [-0.2, 0) is 17.8 Å². The van der Waals surface area contributed by atoms with E-state index in [0.29, 0.717) is 24.3 Å². The topological polar surface area (TPSA) is 70.3 Å². The first-order chi connectivity index (χ1) is 10.2. The zero-order valence-electron chi connectivity index (χ0n) is 11.5. The van der Waals surface area contributed by atoms with Crippen molar-refractivity contribution in [3.63, 3.8) is 0 Å². The molecule has 0 aliphatic heterocycles. The van der Waals surface area contributed by atoms with Crippen LogP contribution in [-0.4, -0.2) is 11.1 Å². The molecular formula is C17H15NO3. The lowest BCUT2D eigenvalue weighted by atomic mass is 10.1. The highest BCUT2D eigenvalue weighted by Crippen LogP contribution is 2.16. The van der Waals surface area contributed by atoms with Crippen LogP contribution in [0.25, 0.3) is 0 Å². The molecule has 0 aliphatic rings. The van der Waals surface area contributed by atoms with Gasteiger partial charge in [0.25, 0.3) is 0 Å². The molecule has 2 aromatic rings. The lowest BCUT2D eigenvalue weighted by Crippen LogP contribution is -1.99. The Labute approximate surface area is 123 Å². The van der Waals surface area contributed by atoms with Gasteiger partial charge in [-0.25, -0.2) is 0 Å². The van der Waals surface area contributed by atoms with E-state index in [9.17, 15) is 4.79 Å². The number of hydrogen-bond donors (Lipinski definition) is 1. The van der Waals surface area contributed by atoms with Crippen molar-refractivity contribution in [2.45, 2.75) is 19.4 Å². The number of aryl methyl sites for hydroxylation is 1. The van der Waals surface area contributed by atoms with Gasteiger partial charge in [0.15, 0.2) is 0 Å². The number of carboxylic acids is 1. The van der Waals surface area contributed by atoms with Gasteiger partial charge >= 0.3 is 5.97 Å². The second kappa shape index (κ2) is 7.11. The van der Waals surface area contributed by atoms with Gasteiger partial charge in [-0.05, 0) is 30.2 Å². The number of carboxylic acid groups (broad SMARTS) is 1. The molecule has 0 radical (unpaired) electrons. The zero-order valence-corrected chi connectivity index (χ0v) is 11.5. The lowest BCUT2D eigenvalue weighted by molar-refractivity contribution is -0.136. The van der Waals surface area contributed by atoms with Crippen LogP contribution in [0.4, 0.5) is 0 Å². The molecule has 4 nitrogen and oxygen atoms in total. The number of aliphatic carboxylic acids is 1. The van der Waals surface area contributed by atoms with Crippen LogP contribution in [0.2, 0.25) is 0 Å². The predicted molar refractivity (Wildman–Crippen MR) is 77.9 cm³/mol. The summed E-state index contributed by atoms with van der Waals surface area (Å²) in [7, 11) is 0. The summed E-state index contributed by atoms with van der Waals surface area (Å²) in [4.78, 5) is 10.5. The molecule has 2 rings (SSSR count). The molecule has 4 heteroatoms. The van der Waals surface area contributed by atoms with Crippen molar-refractivity contribution in [1.29, 1.82) is 5.26 Å². The van der Waals surface area contributed by atoms with E-state index >= 15 is 0 Å². The van der Waals surface area contributed by atoms with Crippen LogP contribution in [0.15, 0.2) is 48.5 Å². The van der Waals surface area contributed by atoms with Crippen LogP contribution >= 0.6 is 0 Å². The van der Waals surface area contributed by atoms with Crippen LogP contribution in [0.1, 0.15) is 23.1 Å². The number of nitriles is 1. The minimum absolute atomic E-state index is 0.121. The molecule has 0 unspecified atom stereocenters.